The molecule has 158 valence electrons. The van der Waals surface area contributed by atoms with Crippen LogP contribution in [0.3, 0.4) is 0 Å². The Morgan fingerprint density at radius 2 is 1.91 bits per heavy atom. The van der Waals surface area contributed by atoms with E-state index in [1.54, 1.807) is 23.2 Å². The van der Waals surface area contributed by atoms with Gasteiger partial charge in [0.05, 0.1) is 24.8 Å². The molecule has 3 aromatic heterocycles. The molecule has 0 aliphatic heterocycles. The Hall–Kier alpha value is -4.23. The van der Waals surface area contributed by atoms with Crippen molar-refractivity contribution in [3.63, 3.8) is 0 Å². The summed E-state index contributed by atoms with van der Waals surface area (Å²) in [6.07, 6.45) is 4.85. The first-order chi connectivity index (χ1) is 15.8. The lowest BCUT2D eigenvalue weighted by Gasteiger charge is -2.08. The van der Waals surface area contributed by atoms with Crippen LogP contribution in [0.4, 0.5) is 5.69 Å². The van der Waals surface area contributed by atoms with Crippen molar-refractivity contribution in [2.45, 2.75) is 13.2 Å². The maximum absolute atomic E-state index is 13.0. The van der Waals surface area contributed by atoms with E-state index >= 15 is 0 Å². The van der Waals surface area contributed by atoms with Crippen molar-refractivity contribution in [3.8, 4) is 11.3 Å². The smallest absolute Gasteiger partial charge is 0.261 e. The van der Waals surface area contributed by atoms with Gasteiger partial charge in [-0.1, -0.05) is 42.5 Å². The molecule has 5 rings (SSSR count). The maximum Gasteiger partial charge on any atom is 0.261 e. The molecular formula is C25H20N4O3. The third-order valence-corrected chi connectivity index (χ3v) is 4.99. The molecule has 3 heterocycles. The van der Waals surface area contributed by atoms with E-state index in [-0.39, 0.29) is 5.91 Å². The van der Waals surface area contributed by atoms with Gasteiger partial charge in [-0.3, -0.25) is 4.79 Å². The maximum atomic E-state index is 13.0. The highest BCUT2D eigenvalue weighted by molar-refractivity contribution is 6.08. The van der Waals surface area contributed by atoms with Crippen LogP contribution in [0.25, 0.3) is 16.9 Å². The number of carbonyl (C=O) groups is 1. The Morgan fingerprint density at radius 1 is 1.00 bits per heavy atom. The second kappa shape index (κ2) is 8.87. The first-order valence-corrected chi connectivity index (χ1v) is 10.2. The van der Waals surface area contributed by atoms with E-state index in [1.165, 1.54) is 0 Å². The predicted molar refractivity (Wildman–Crippen MR) is 120 cm³/mol. The van der Waals surface area contributed by atoms with Crippen LogP contribution in [0.2, 0.25) is 0 Å². The first kappa shape index (κ1) is 19.7. The fourth-order valence-corrected chi connectivity index (χ4v) is 3.48. The quantitative estimate of drug-likeness (QED) is 0.399. The molecule has 0 saturated carbocycles. The summed E-state index contributed by atoms with van der Waals surface area (Å²) in [5.41, 5.74) is 4.39. The zero-order valence-corrected chi connectivity index (χ0v) is 17.1. The average Bonchev–Trinajstić information content (AvgIpc) is 3.50. The number of amides is 1. The Balaban J connectivity index is 1.32. The van der Waals surface area contributed by atoms with Gasteiger partial charge in [-0.25, -0.2) is 9.50 Å². The third-order valence-electron chi connectivity index (χ3n) is 4.99. The van der Waals surface area contributed by atoms with Gasteiger partial charge in [-0.05, 0) is 35.9 Å². The van der Waals surface area contributed by atoms with E-state index in [9.17, 15) is 4.79 Å². The number of aromatic nitrogens is 3. The van der Waals surface area contributed by atoms with E-state index < -0.39 is 0 Å². The highest BCUT2D eigenvalue weighted by atomic mass is 16.5. The van der Waals surface area contributed by atoms with E-state index in [4.69, 9.17) is 9.15 Å². The molecule has 0 spiro atoms. The molecule has 0 aliphatic rings. The van der Waals surface area contributed by atoms with Gasteiger partial charge < -0.3 is 14.5 Å². The first-order valence-electron chi connectivity index (χ1n) is 10.2. The van der Waals surface area contributed by atoms with Crippen molar-refractivity contribution in [2.75, 3.05) is 5.32 Å². The number of nitrogens with zero attached hydrogens (tertiary/aromatic N) is 3. The number of hydrogen-bond acceptors (Lipinski definition) is 5. The van der Waals surface area contributed by atoms with Crippen LogP contribution in [0.5, 0.6) is 0 Å². The molecule has 0 fully saturated rings. The fraction of sp³-hybridized carbons (Fsp3) is 0.0800. The fourth-order valence-electron chi connectivity index (χ4n) is 3.48. The van der Waals surface area contributed by atoms with E-state index in [1.807, 2.05) is 72.8 Å². The summed E-state index contributed by atoms with van der Waals surface area (Å²) in [4.78, 5) is 17.4. The summed E-state index contributed by atoms with van der Waals surface area (Å²) in [5, 5.41) is 7.34. The molecule has 2 aromatic carbocycles. The van der Waals surface area contributed by atoms with Crippen LogP contribution in [0, 0.1) is 0 Å². The minimum absolute atomic E-state index is 0.272. The number of nitrogens with one attached hydrogen (secondary N) is 1. The van der Waals surface area contributed by atoms with Gasteiger partial charge >= 0.3 is 0 Å². The van der Waals surface area contributed by atoms with E-state index in [2.05, 4.69) is 15.4 Å². The van der Waals surface area contributed by atoms with Crippen molar-refractivity contribution in [1.29, 1.82) is 0 Å². The van der Waals surface area contributed by atoms with E-state index in [0.717, 1.165) is 22.6 Å². The van der Waals surface area contributed by atoms with Gasteiger partial charge in [-0.2, -0.15) is 5.10 Å². The van der Waals surface area contributed by atoms with Crippen molar-refractivity contribution in [1.82, 2.24) is 14.6 Å². The van der Waals surface area contributed by atoms with Crippen LogP contribution < -0.4 is 5.32 Å². The Kier molecular flexibility index (Phi) is 5.47. The average molecular weight is 424 g/mol. The molecular weight excluding hydrogens is 404 g/mol. The van der Waals surface area contributed by atoms with E-state index in [0.29, 0.717) is 30.1 Å². The second-order valence-corrected chi connectivity index (χ2v) is 7.22. The summed E-state index contributed by atoms with van der Waals surface area (Å²) < 4.78 is 12.6. The van der Waals surface area contributed by atoms with Crippen LogP contribution in [-0.4, -0.2) is 20.5 Å². The van der Waals surface area contributed by atoms with Crippen molar-refractivity contribution in [3.05, 3.63) is 108 Å². The number of hydrogen-bond donors (Lipinski definition) is 1. The highest BCUT2D eigenvalue weighted by Gasteiger charge is 2.16. The van der Waals surface area contributed by atoms with Crippen LogP contribution >= 0.6 is 0 Å². The zero-order chi connectivity index (χ0) is 21.8. The zero-order valence-electron chi connectivity index (χ0n) is 17.1. The normalized spacial score (nSPS) is 11.0. The molecule has 0 aliphatic carbocycles. The molecule has 5 aromatic rings. The molecule has 7 heteroatoms. The Bertz CT molecular complexity index is 1340. The summed E-state index contributed by atoms with van der Waals surface area (Å²) in [6.45, 7) is 0.796. The number of fused-ring (bicyclic) bond motifs is 1. The number of rotatable bonds is 7. The Morgan fingerprint density at radius 3 is 2.75 bits per heavy atom. The molecule has 0 radical (unpaired) electrons. The molecule has 0 bridgehead atoms. The third kappa shape index (κ3) is 4.14. The molecule has 0 unspecified atom stereocenters. The van der Waals surface area contributed by atoms with Gasteiger partial charge in [0.15, 0.2) is 5.65 Å². The van der Waals surface area contributed by atoms with Crippen LogP contribution in [0.1, 0.15) is 21.7 Å². The van der Waals surface area contributed by atoms with Crippen molar-refractivity contribution < 1.29 is 13.9 Å². The highest BCUT2D eigenvalue weighted by Crippen LogP contribution is 2.21. The van der Waals surface area contributed by atoms with Crippen LogP contribution in [-0.2, 0) is 18.0 Å². The summed E-state index contributed by atoms with van der Waals surface area (Å²) >= 11 is 0. The number of furan rings is 1. The van der Waals surface area contributed by atoms with Gasteiger partial charge in [0.1, 0.15) is 17.9 Å². The van der Waals surface area contributed by atoms with Gasteiger partial charge in [0.25, 0.3) is 5.91 Å². The Labute approximate surface area is 184 Å². The molecule has 1 N–H and O–H groups in total. The lowest BCUT2D eigenvalue weighted by Crippen LogP contribution is -2.12. The topological polar surface area (TPSA) is 81.7 Å². The van der Waals surface area contributed by atoms with Crippen molar-refractivity contribution in [2.24, 2.45) is 0 Å². The number of benzene rings is 2. The summed E-state index contributed by atoms with van der Waals surface area (Å²) in [7, 11) is 0. The lowest BCUT2D eigenvalue weighted by atomic mass is 10.1. The number of carbonyl (C=O) groups excluding carboxylic acids is 1. The molecule has 0 saturated heterocycles. The SMILES string of the molecule is O=C(Nc1cccc(COCc2ccco2)c1)c1cnn2c(-c3ccccc3)ccnc12. The number of ether oxygens (including phenoxy) is 1. The summed E-state index contributed by atoms with van der Waals surface area (Å²) in [5.74, 6) is 0.497. The van der Waals surface area contributed by atoms with Gasteiger partial charge in [0, 0.05) is 17.4 Å². The molecule has 0 atom stereocenters. The predicted octanol–water partition coefficient (Wildman–Crippen LogP) is 4.96. The van der Waals surface area contributed by atoms with Gasteiger partial charge in [0.2, 0.25) is 0 Å². The van der Waals surface area contributed by atoms with Crippen molar-refractivity contribution >= 4 is 17.2 Å². The number of anilines is 1. The second-order valence-electron chi connectivity index (χ2n) is 7.22. The molecule has 1 amide bonds. The summed E-state index contributed by atoms with van der Waals surface area (Å²) in [6, 6.07) is 23.0. The van der Waals surface area contributed by atoms with Gasteiger partial charge in [-0.15, -0.1) is 0 Å². The minimum atomic E-state index is -0.272. The molecule has 32 heavy (non-hydrogen) atoms. The lowest BCUT2D eigenvalue weighted by molar-refractivity contribution is 0.0929. The monoisotopic (exact) mass is 424 g/mol. The van der Waals surface area contributed by atoms with Crippen LogP contribution in [0.15, 0.2) is 95.9 Å². The standard InChI is InChI=1S/C25H20N4O3/c30-25(28-20-9-4-6-18(14-20)16-31-17-21-10-5-13-32-21)22-15-27-29-23(11-12-26-24(22)29)19-7-2-1-3-8-19/h1-15H,16-17H2,(H,28,30). The molecule has 7 nitrogen and oxygen atoms in total. The minimum Gasteiger partial charge on any atom is -0.467 e. The largest absolute Gasteiger partial charge is 0.467 e.